The number of hydrogen-bond acceptors (Lipinski definition) is 7. The topological polar surface area (TPSA) is 92.2 Å². The molecule has 1 atom stereocenters. The van der Waals surface area contributed by atoms with Crippen molar-refractivity contribution in [2.45, 2.75) is 50.7 Å². The molecule has 0 radical (unpaired) electrons. The Kier molecular flexibility index (Phi) is 6.79. The highest BCUT2D eigenvalue weighted by molar-refractivity contribution is 6.33. The van der Waals surface area contributed by atoms with Crippen LogP contribution < -0.4 is 10.6 Å². The van der Waals surface area contributed by atoms with Gasteiger partial charge in [-0.15, -0.1) is 0 Å². The molecule has 1 unspecified atom stereocenters. The summed E-state index contributed by atoms with van der Waals surface area (Å²) < 4.78 is 5.54. The number of aliphatic hydroxyl groups is 1. The van der Waals surface area contributed by atoms with Crippen LogP contribution in [-0.4, -0.2) is 52.0 Å². The highest BCUT2D eigenvalue weighted by atomic mass is 35.5. The SMILES string of the molecule is OC1CCC(Nc2cc(-c3cncc(NCC4CCCOC4)n3)c(Cl)cn2)CC1. The summed E-state index contributed by atoms with van der Waals surface area (Å²) in [6, 6.07) is 2.24. The lowest BCUT2D eigenvalue weighted by Crippen LogP contribution is -2.28. The van der Waals surface area contributed by atoms with E-state index >= 15 is 0 Å². The third-order valence-electron chi connectivity index (χ3n) is 5.64. The van der Waals surface area contributed by atoms with Crippen molar-refractivity contribution in [3.05, 3.63) is 29.7 Å². The van der Waals surface area contributed by atoms with Gasteiger partial charge in [0.2, 0.25) is 0 Å². The van der Waals surface area contributed by atoms with E-state index in [1.807, 2.05) is 6.07 Å². The molecule has 1 aliphatic carbocycles. The summed E-state index contributed by atoms with van der Waals surface area (Å²) in [6.45, 7) is 2.48. The number of hydrogen-bond donors (Lipinski definition) is 3. The Morgan fingerprint density at radius 3 is 2.76 bits per heavy atom. The van der Waals surface area contributed by atoms with Gasteiger partial charge in [0.05, 0.1) is 35.8 Å². The number of anilines is 2. The van der Waals surface area contributed by atoms with Gasteiger partial charge in [0.25, 0.3) is 0 Å². The summed E-state index contributed by atoms with van der Waals surface area (Å²) in [5, 5.41) is 17.1. The molecule has 2 fully saturated rings. The van der Waals surface area contributed by atoms with Gasteiger partial charge in [-0.2, -0.15) is 0 Å². The first kappa shape index (κ1) is 20.3. The summed E-state index contributed by atoms with van der Waals surface area (Å²) in [7, 11) is 0. The predicted molar refractivity (Wildman–Crippen MR) is 114 cm³/mol. The Bertz CT molecular complexity index is 807. The summed E-state index contributed by atoms with van der Waals surface area (Å²) in [4.78, 5) is 13.4. The smallest absolute Gasteiger partial charge is 0.145 e. The standard InChI is InChI=1S/C21H28ClN5O2/c22-18-10-25-20(26-15-3-5-16(28)6-4-15)8-17(18)19-11-23-12-21(27-19)24-9-14-2-1-7-29-13-14/h8,10-12,14-16,28H,1-7,9,13H2,(H,24,27)(H,25,26). The first-order valence-electron chi connectivity index (χ1n) is 10.4. The molecular formula is C21H28ClN5O2. The number of nitrogens with one attached hydrogen (secondary N) is 2. The largest absolute Gasteiger partial charge is 0.393 e. The lowest BCUT2D eigenvalue weighted by molar-refractivity contribution is 0.0595. The first-order chi connectivity index (χ1) is 14.2. The number of nitrogens with zero attached hydrogens (tertiary/aromatic N) is 3. The van der Waals surface area contributed by atoms with Crippen molar-refractivity contribution < 1.29 is 9.84 Å². The summed E-state index contributed by atoms with van der Waals surface area (Å²) >= 11 is 6.42. The Labute approximate surface area is 176 Å². The number of ether oxygens (including phenoxy) is 1. The molecule has 0 bridgehead atoms. The van der Waals surface area contributed by atoms with Gasteiger partial charge in [0.15, 0.2) is 0 Å². The van der Waals surface area contributed by atoms with E-state index < -0.39 is 0 Å². The Hall–Kier alpha value is -1.96. The molecule has 1 aliphatic heterocycles. The average Bonchev–Trinajstić information content (AvgIpc) is 2.76. The van der Waals surface area contributed by atoms with E-state index in [1.54, 1.807) is 18.6 Å². The molecule has 8 heteroatoms. The molecule has 2 aliphatic rings. The van der Waals surface area contributed by atoms with Gasteiger partial charge in [-0.3, -0.25) is 4.98 Å². The molecule has 0 amide bonds. The fourth-order valence-electron chi connectivity index (χ4n) is 3.94. The maximum absolute atomic E-state index is 9.69. The van der Waals surface area contributed by atoms with Gasteiger partial charge < -0.3 is 20.5 Å². The quantitative estimate of drug-likeness (QED) is 0.659. The van der Waals surface area contributed by atoms with Crippen molar-refractivity contribution in [3.8, 4) is 11.3 Å². The average molecular weight is 418 g/mol. The van der Waals surface area contributed by atoms with E-state index in [2.05, 4.69) is 20.6 Å². The highest BCUT2D eigenvalue weighted by Crippen LogP contribution is 2.29. The molecule has 4 rings (SSSR count). The second-order valence-electron chi connectivity index (χ2n) is 7.95. The van der Waals surface area contributed by atoms with Crippen LogP contribution in [0.1, 0.15) is 38.5 Å². The van der Waals surface area contributed by atoms with Gasteiger partial charge >= 0.3 is 0 Å². The molecule has 2 aromatic rings. The molecule has 0 spiro atoms. The summed E-state index contributed by atoms with van der Waals surface area (Å²) in [5.41, 5.74) is 1.52. The van der Waals surface area contributed by atoms with Crippen molar-refractivity contribution >= 4 is 23.2 Å². The Balaban J connectivity index is 1.44. The zero-order valence-corrected chi connectivity index (χ0v) is 17.2. The van der Waals surface area contributed by atoms with Gasteiger partial charge in [0, 0.05) is 31.0 Å². The Morgan fingerprint density at radius 1 is 1.10 bits per heavy atom. The van der Waals surface area contributed by atoms with Crippen LogP contribution in [0.3, 0.4) is 0 Å². The number of halogens is 1. The van der Waals surface area contributed by atoms with Crippen LogP contribution in [0.25, 0.3) is 11.3 Å². The van der Waals surface area contributed by atoms with Crippen LogP contribution in [0.2, 0.25) is 5.02 Å². The number of rotatable bonds is 6. The first-order valence-corrected chi connectivity index (χ1v) is 10.8. The zero-order valence-electron chi connectivity index (χ0n) is 16.5. The second kappa shape index (κ2) is 9.69. The third-order valence-corrected chi connectivity index (χ3v) is 5.94. The van der Waals surface area contributed by atoms with Crippen LogP contribution >= 0.6 is 11.6 Å². The highest BCUT2D eigenvalue weighted by Gasteiger charge is 2.20. The molecule has 29 heavy (non-hydrogen) atoms. The zero-order chi connectivity index (χ0) is 20.1. The molecule has 2 aromatic heterocycles. The maximum Gasteiger partial charge on any atom is 0.145 e. The van der Waals surface area contributed by atoms with Crippen LogP contribution in [0.15, 0.2) is 24.7 Å². The molecular weight excluding hydrogens is 390 g/mol. The summed E-state index contributed by atoms with van der Waals surface area (Å²) in [5.74, 6) is 2.01. The monoisotopic (exact) mass is 417 g/mol. The lowest BCUT2D eigenvalue weighted by atomic mass is 9.93. The van der Waals surface area contributed by atoms with Crippen molar-refractivity contribution in [2.75, 3.05) is 30.4 Å². The number of aliphatic hydroxyl groups excluding tert-OH is 1. The van der Waals surface area contributed by atoms with Crippen molar-refractivity contribution in [3.63, 3.8) is 0 Å². The third kappa shape index (κ3) is 5.56. The second-order valence-corrected chi connectivity index (χ2v) is 8.36. The van der Waals surface area contributed by atoms with E-state index in [4.69, 9.17) is 21.3 Å². The van der Waals surface area contributed by atoms with Gasteiger partial charge in [-0.25, -0.2) is 9.97 Å². The Morgan fingerprint density at radius 2 is 1.97 bits per heavy atom. The molecule has 156 valence electrons. The predicted octanol–water partition coefficient (Wildman–Crippen LogP) is 3.75. The van der Waals surface area contributed by atoms with Crippen LogP contribution in [-0.2, 0) is 4.74 Å². The van der Waals surface area contributed by atoms with Crippen LogP contribution in [0, 0.1) is 5.92 Å². The lowest BCUT2D eigenvalue weighted by Gasteiger charge is -2.26. The van der Waals surface area contributed by atoms with Crippen LogP contribution in [0.5, 0.6) is 0 Å². The molecule has 1 saturated heterocycles. The molecule has 7 nitrogen and oxygen atoms in total. The number of aromatic nitrogens is 3. The van der Waals surface area contributed by atoms with Crippen LogP contribution in [0.4, 0.5) is 11.6 Å². The van der Waals surface area contributed by atoms with Gasteiger partial charge in [-0.05, 0) is 50.5 Å². The fraction of sp³-hybridized carbons (Fsp3) is 0.571. The maximum atomic E-state index is 9.69. The molecule has 0 aromatic carbocycles. The van der Waals surface area contributed by atoms with E-state index in [0.29, 0.717) is 22.7 Å². The van der Waals surface area contributed by atoms with Crippen molar-refractivity contribution in [1.82, 2.24) is 15.0 Å². The minimum absolute atomic E-state index is 0.174. The van der Waals surface area contributed by atoms with Gasteiger partial charge in [0.1, 0.15) is 11.6 Å². The van der Waals surface area contributed by atoms with Crippen molar-refractivity contribution in [2.24, 2.45) is 5.92 Å². The van der Waals surface area contributed by atoms with E-state index in [1.165, 1.54) is 6.42 Å². The van der Waals surface area contributed by atoms with E-state index in [-0.39, 0.29) is 6.10 Å². The minimum Gasteiger partial charge on any atom is -0.393 e. The van der Waals surface area contributed by atoms with Crippen molar-refractivity contribution in [1.29, 1.82) is 0 Å². The number of pyridine rings is 1. The van der Waals surface area contributed by atoms with Gasteiger partial charge in [-0.1, -0.05) is 11.6 Å². The minimum atomic E-state index is -0.174. The summed E-state index contributed by atoms with van der Waals surface area (Å²) in [6.07, 6.45) is 10.7. The molecule has 3 N–H and O–H groups in total. The van der Waals surface area contributed by atoms with E-state index in [0.717, 1.165) is 69.1 Å². The molecule has 1 saturated carbocycles. The fourth-order valence-corrected chi connectivity index (χ4v) is 4.14. The van der Waals surface area contributed by atoms with E-state index in [9.17, 15) is 5.11 Å². The molecule has 3 heterocycles. The normalized spacial score (nSPS) is 24.8.